The van der Waals surface area contributed by atoms with Crippen molar-refractivity contribution in [2.24, 2.45) is 0 Å². The highest BCUT2D eigenvalue weighted by Gasteiger charge is 2.27. The quantitative estimate of drug-likeness (QED) is 0.914. The number of hydrogen-bond donors (Lipinski definition) is 1. The highest BCUT2D eigenvalue weighted by molar-refractivity contribution is 5.81. The minimum atomic E-state index is -0.270. The number of pyridine rings is 1. The molecule has 3 rings (SSSR count). The summed E-state index contributed by atoms with van der Waals surface area (Å²) in [6.45, 7) is 2.05. The third kappa shape index (κ3) is 4.12. The summed E-state index contributed by atoms with van der Waals surface area (Å²) in [6, 6.07) is 13.3. The van der Waals surface area contributed by atoms with Crippen LogP contribution in [-0.4, -0.2) is 28.2 Å². The summed E-state index contributed by atoms with van der Waals surface area (Å²) in [6.07, 6.45) is 6.34. The molecule has 2 aromatic rings. The molecule has 0 fully saturated rings. The van der Waals surface area contributed by atoms with Gasteiger partial charge in [-0.25, -0.2) is 0 Å². The van der Waals surface area contributed by atoms with Crippen molar-refractivity contribution in [3.05, 3.63) is 71.7 Å². The van der Waals surface area contributed by atoms with E-state index in [0.29, 0.717) is 13.0 Å². The number of fused-ring (bicyclic) bond motifs is 1. The van der Waals surface area contributed by atoms with Gasteiger partial charge < -0.3 is 10.2 Å². The zero-order chi connectivity index (χ0) is 17.6. The Morgan fingerprint density at radius 3 is 2.72 bits per heavy atom. The average Bonchev–Trinajstić information content (AvgIpc) is 2.62. The molecule has 1 aromatic carbocycles. The molecule has 25 heavy (non-hydrogen) atoms. The number of carbonyl (C=O) groups excluding carboxylic acids is 2. The third-order valence-electron chi connectivity index (χ3n) is 4.28. The number of rotatable bonds is 5. The summed E-state index contributed by atoms with van der Waals surface area (Å²) in [5.74, 6) is -0.144. The maximum Gasteiger partial charge on any atom is 0.223 e. The molecule has 128 valence electrons. The summed E-state index contributed by atoms with van der Waals surface area (Å²) in [4.78, 5) is 30.2. The van der Waals surface area contributed by atoms with Crippen LogP contribution in [0.3, 0.4) is 0 Å². The van der Waals surface area contributed by atoms with Gasteiger partial charge in [0.1, 0.15) is 0 Å². The van der Waals surface area contributed by atoms with Crippen molar-refractivity contribution in [2.45, 2.75) is 25.8 Å². The first-order valence-electron chi connectivity index (χ1n) is 8.38. The van der Waals surface area contributed by atoms with Crippen LogP contribution in [0.1, 0.15) is 36.2 Å². The molecule has 5 heteroatoms. The van der Waals surface area contributed by atoms with Crippen molar-refractivity contribution in [2.75, 3.05) is 6.54 Å². The van der Waals surface area contributed by atoms with E-state index in [1.165, 1.54) is 6.92 Å². The van der Waals surface area contributed by atoms with Crippen molar-refractivity contribution < 1.29 is 9.59 Å². The molecule has 0 bridgehead atoms. The number of amides is 2. The van der Waals surface area contributed by atoms with Gasteiger partial charge in [0.15, 0.2) is 0 Å². The van der Waals surface area contributed by atoms with Gasteiger partial charge in [-0.15, -0.1) is 0 Å². The van der Waals surface area contributed by atoms with Gasteiger partial charge in [0.05, 0.1) is 12.5 Å². The lowest BCUT2D eigenvalue weighted by atomic mass is 9.93. The number of hydrogen-bond acceptors (Lipinski definition) is 3. The van der Waals surface area contributed by atoms with E-state index >= 15 is 0 Å². The lowest BCUT2D eigenvalue weighted by molar-refractivity contribution is -0.129. The summed E-state index contributed by atoms with van der Waals surface area (Å²) in [7, 11) is 0. The summed E-state index contributed by atoms with van der Waals surface area (Å²) in [5, 5.41) is 2.93. The number of benzene rings is 1. The van der Waals surface area contributed by atoms with Gasteiger partial charge in [-0.2, -0.15) is 0 Å². The Morgan fingerprint density at radius 2 is 1.96 bits per heavy atom. The minimum Gasteiger partial charge on any atom is -0.356 e. The fourth-order valence-electron chi connectivity index (χ4n) is 3.04. The molecule has 0 radical (unpaired) electrons. The van der Waals surface area contributed by atoms with E-state index in [2.05, 4.69) is 10.3 Å². The molecule has 0 saturated carbocycles. The predicted octanol–water partition coefficient (Wildman–Crippen LogP) is 2.70. The van der Waals surface area contributed by atoms with Gasteiger partial charge in [-0.1, -0.05) is 30.3 Å². The molecule has 1 atom stereocenters. The summed E-state index contributed by atoms with van der Waals surface area (Å²) in [5.41, 5.74) is 2.99. The standard InChI is InChI=1S/C20H21N3O2/c1-15(24)23-13-10-16-6-2-3-8-18(16)19(23)14-20(25)22-12-9-17-7-4-5-11-21-17/h2-8,10-11,13,19H,9,12,14H2,1H3,(H,22,25). The van der Waals surface area contributed by atoms with E-state index in [1.54, 1.807) is 17.3 Å². The molecule has 2 heterocycles. The van der Waals surface area contributed by atoms with Crippen molar-refractivity contribution in [1.29, 1.82) is 0 Å². The van der Waals surface area contributed by atoms with Crippen LogP contribution < -0.4 is 5.32 Å². The Balaban J connectivity index is 1.64. The fourth-order valence-corrected chi connectivity index (χ4v) is 3.04. The minimum absolute atomic E-state index is 0.0720. The average molecular weight is 335 g/mol. The zero-order valence-electron chi connectivity index (χ0n) is 14.2. The van der Waals surface area contributed by atoms with Gasteiger partial charge in [0.25, 0.3) is 0 Å². The monoisotopic (exact) mass is 335 g/mol. The first-order chi connectivity index (χ1) is 12.1. The second kappa shape index (κ2) is 7.75. The van der Waals surface area contributed by atoms with Crippen molar-refractivity contribution in [1.82, 2.24) is 15.2 Å². The molecular weight excluding hydrogens is 314 g/mol. The number of nitrogens with zero attached hydrogens (tertiary/aromatic N) is 2. The summed E-state index contributed by atoms with van der Waals surface area (Å²) < 4.78 is 0. The van der Waals surface area contributed by atoms with Crippen LogP contribution >= 0.6 is 0 Å². The van der Waals surface area contributed by atoms with Crippen molar-refractivity contribution in [3.63, 3.8) is 0 Å². The van der Waals surface area contributed by atoms with Gasteiger partial charge in [-0.3, -0.25) is 14.6 Å². The highest BCUT2D eigenvalue weighted by atomic mass is 16.2. The molecule has 0 spiro atoms. The molecular formula is C20H21N3O2. The maximum atomic E-state index is 12.4. The van der Waals surface area contributed by atoms with Crippen LogP contribution in [0, 0.1) is 0 Å². The molecule has 1 aliphatic heterocycles. The van der Waals surface area contributed by atoms with Crippen LogP contribution in [0.2, 0.25) is 0 Å². The van der Waals surface area contributed by atoms with E-state index in [-0.39, 0.29) is 24.3 Å². The van der Waals surface area contributed by atoms with Crippen LogP contribution in [0.5, 0.6) is 0 Å². The normalized spacial score (nSPS) is 15.6. The van der Waals surface area contributed by atoms with E-state index in [1.807, 2.05) is 48.5 Å². The molecule has 2 amide bonds. The second-order valence-electron chi connectivity index (χ2n) is 6.01. The molecule has 0 aliphatic carbocycles. The van der Waals surface area contributed by atoms with Crippen molar-refractivity contribution >= 4 is 17.9 Å². The predicted molar refractivity (Wildman–Crippen MR) is 96.3 cm³/mol. The van der Waals surface area contributed by atoms with Gasteiger partial charge in [0, 0.05) is 38.0 Å². The number of aromatic nitrogens is 1. The third-order valence-corrected chi connectivity index (χ3v) is 4.28. The fraction of sp³-hybridized carbons (Fsp3) is 0.250. The zero-order valence-corrected chi connectivity index (χ0v) is 14.2. The molecule has 0 saturated heterocycles. The topological polar surface area (TPSA) is 62.3 Å². The Labute approximate surface area is 147 Å². The second-order valence-corrected chi connectivity index (χ2v) is 6.01. The maximum absolute atomic E-state index is 12.4. The van der Waals surface area contributed by atoms with E-state index in [9.17, 15) is 9.59 Å². The van der Waals surface area contributed by atoms with E-state index < -0.39 is 0 Å². The molecule has 1 aliphatic rings. The molecule has 1 N–H and O–H groups in total. The first-order valence-corrected chi connectivity index (χ1v) is 8.38. The van der Waals surface area contributed by atoms with Gasteiger partial charge >= 0.3 is 0 Å². The van der Waals surface area contributed by atoms with E-state index in [4.69, 9.17) is 0 Å². The van der Waals surface area contributed by atoms with Crippen LogP contribution in [0.15, 0.2) is 54.9 Å². The van der Waals surface area contributed by atoms with Crippen LogP contribution in [0.25, 0.3) is 6.08 Å². The summed E-state index contributed by atoms with van der Waals surface area (Å²) >= 11 is 0. The smallest absolute Gasteiger partial charge is 0.223 e. The Hall–Kier alpha value is -2.95. The first kappa shape index (κ1) is 16.9. The molecule has 5 nitrogen and oxygen atoms in total. The Bertz CT molecular complexity index is 787. The van der Waals surface area contributed by atoms with Crippen molar-refractivity contribution in [3.8, 4) is 0 Å². The van der Waals surface area contributed by atoms with Gasteiger partial charge in [0.2, 0.25) is 11.8 Å². The van der Waals surface area contributed by atoms with E-state index in [0.717, 1.165) is 16.8 Å². The Morgan fingerprint density at radius 1 is 1.16 bits per heavy atom. The number of carbonyl (C=O) groups is 2. The highest BCUT2D eigenvalue weighted by Crippen LogP contribution is 2.32. The van der Waals surface area contributed by atoms with Crippen LogP contribution in [0.4, 0.5) is 0 Å². The lowest BCUT2D eigenvalue weighted by Crippen LogP contribution is -2.35. The molecule has 1 unspecified atom stereocenters. The Kier molecular flexibility index (Phi) is 5.23. The number of nitrogens with one attached hydrogen (secondary N) is 1. The van der Waals surface area contributed by atoms with Crippen LogP contribution in [-0.2, 0) is 16.0 Å². The van der Waals surface area contributed by atoms with Gasteiger partial charge in [-0.05, 0) is 29.3 Å². The molecule has 1 aromatic heterocycles. The SMILES string of the molecule is CC(=O)N1C=Cc2ccccc2C1CC(=O)NCCc1ccccn1. The lowest BCUT2D eigenvalue weighted by Gasteiger charge is -2.32. The largest absolute Gasteiger partial charge is 0.356 e.